The molecule has 1 heterocycles. The van der Waals surface area contributed by atoms with Crippen molar-refractivity contribution in [3.05, 3.63) is 94.7 Å². The molecule has 0 fully saturated rings. The summed E-state index contributed by atoms with van der Waals surface area (Å²) in [5.41, 5.74) is 4.53. The summed E-state index contributed by atoms with van der Waals surface area (Å²) in [5.74, 6) is -0.514. The van der Waals surface area contributed by atoms with E-state index in [9.17, 15) is 15.2 Å². The van der Waals surface area contributed by atoms with Gasteiger partial charge in [-0.15, -0.1) is 0 Å². The molecule has 29 heavy (non-hydrogen) atoms. The van der Waals surface area contributed by atoms with Gasteiger partial charge in [0, 0.05) is 5.69 Å². The van der Waals surface area contributed by atoms with Gasteiger partial charge in [0.05, 0.1) is 5.56 Å². The van der Waals surface area contributed by atoms with E-state index < -0.39 is 11.2 Å². The van der Waals surface area contributed by atoms with Crippen LogP contribution >= 0.6 is 11.8 Å². The molecular weight excluding hydrogens is 380 g/mol. The molecule has 1 aromatic heterocycles. The number of carboxylic acid groups (broad SMARTS) is 1. The molecule has 0 spiro atoms. The normalized spacial score (nSPS) is 16.4. The van der Waals surface area contributed by atoms with Crippen molar-refractivity contribution in [2.45, 2.75) is 35.5 Å². The first kappa shape index (κ1) is 19.2. The van der Waals surface area contributed by atoms with E-state index in [1.807, 2.05) is 30.3 Å². The SMILES string of the molecule is N#Cc1cc2c(nc1SC(C(=O)O)c1ccccc1)CCC(c1ccccc1)C2. The number of pyridine rings is 1. The van der Waals surface area contributed by atoms with Gasteiger partial charge >= 0.3 is 5.97 Å². The van der Waals surface area contributed by atoms with Crippen LogP contribution in [0.15, 0.2) is 71.8 Å². The monoisotopic (exact) mass is 400 g/mol. The Morgan fingerprint density at radius 1 is 1.14 bits per heavy atom. The molecule has 0 radical (unpaired) electrons. The lowest BCUT2D eigenvalue weighted by Gasteiger charge is -2.25. The van der Waals surface area contributed by atoms with Gasteiger partial charge in [-0.1, -0.05) is 72.4 Å². The molecule has 0 saturated heterocycles. The summed E-state index contributed by atoms with van der Waals surface area (Å²) in [6.07, 6.45) is 2.69. The molecule has 5 heteroatoms. The Kier molecular flexibility index (Phi) is 5.64. The largest absolute Gasteiger partial charge is 0.480 e. The van der Waals surface area contributed by atoms with Gasteiger partial charge in [0.25, 0.3) is 0 Å². The fourth-order valence-corrected chi connectivity index (χ4v) is 4.84. The lowest BCUT2D eigenvalue weighted by molar-refractivity contribution is -0.136. The first-order valence-electron chi connectivity index (χ1n) is 9.58. The van der Waals surface area contributed by atoms with Crippen molar-refractivity contribution in [2.75, 3.05) is 0 Å². The smallest absolute Gasteiger partial charge is 0.321 e. The Hall–Kier alpha value is -3.10. The molecule has 0 saturated carbocycles. The predicted molar refractivity (Wildman–Crippen MR) is 113 cm³/mol. The van der Waals surface area contributed by atoms with Crippen molar-refractivity contribution >= 4 is 17.7 Å². The van der Waals surface area contributed by atoms with E-state index in [0.717, 1.165) is 42.3 Å². The lowest BCUT2D eigenvalue weighted by Crippen LogP contribution is -2.16. The van der Waals surface area contributed by atoms with Crippen molar-refractivity contribution in [3.8, 4) is 6.07 Å². The third-order valence-electron chi connectivity index (χ3n) is 5.30. The number of hydrogen-bond donors (Lipinski definition) is 1. The molecule has 144 valence electrons. The third-order valence-corrected chi connectivity index (χ3v) is 6.54. The minimum absolute atomic E-state index is 0.423. The first-order chi connectivity index (χ1) is 14.2. The Morgan fingerprint density at radius 3 is 2.48 bits per heavy atom. The van der Waals surface area contributed by atoms with Crippen molar-refractivity contribution < 1.29 is 9.90 Å². The lowest BCUT2D eigenvalue weighted by atomic mass is 9.82. The second-order valence-electron chi connectivity index (χ2n) is 7.16. The van der Waals surface area contributed by atoms with Crippen LogP contribution in [0.3, 0.4) is 0 Å². The van der Waals surface area contributed by atoms with Crippen LogP contribution in [0.2, 0.25) is 0 Å². The van der Waals surface area contributed by atoms with Gasteiger partial charge in [-0.2, -0.15) is 5.26 Å². The standard InChI is InChI=1S/C24H20N2O2S/c25-15-20-14-19-13-18(16-7-3-1-4-8-16)11-12-21(19)26-23(20)29-22(24(27)28)17-9-5-2-6-10-17/h1-10,14,18,22H,11-13H2,(H,27,28). The van der Waals surface area contributed by atoms with E-state index in [-0.39, 0.29) is 0 Å². The van der Waals surface area contributed by atoms with Gasteiger partial charge in [-0.3, -0.25) is 4.79 Å². The van der Waals surface area contributed by atoms with Crippen LogP contribution in [0.4, 0.5) is 0 Å². The highest BCUT2D eigenvalue weighted by molar-refractivity contribution is 8.00. The molecule has 0 amide bonds. The highest BCUT2D eigenvalue weighted by atomic mass is 32.2. The molecule has 0 aliphatic heterocycles. The van der Waals surface area contributed by atoms with Crippen molar-refractivity contribution in [1.82, 2.24) is 4.98 Å². The summed E-state index contributed by atoms with van der Waals surface area (Å²) >= 11 is 1.14. The van der Waals surface area contributed by atoms with Crippen LogP contribution in [-0.4, -0.2) is 16.1 Å². The molecule has 1 aliphatic carbocycles. The summed E-state index contributed by atoms with van der Waals surface area (Å²) < 4.78 is 0. The number of thioether (sulfide) groups is 1. The average Bonchev–Trinajstić information content (AvgIpc) is 2.77. The molecule has 1 aliphatic rings. The number of aromatic nitrogens is 1. The van der Waals surface area contributed by atoms with E-state index in [1.165, 1.54) is 5.56 Å². The van der Waals surface area contributed by atoms with E-state index >= 15 is 0 Å². The summed E-state index contributed by atoms with van der Waals surface area (Å²) in [5, 5.41) is 19.1. The highest BCUT2D eigenvalue weighted by Gasteiger charge is 2.27. The van der Waals surface area contributed by atoms with Gasteiger partial charge in [-0.25, -0.2) is 4.98 Å². The maximum absolute atomic E-state index is 11.9. The minimum Gasteiger partial charge on any atom is -0.480 e. The number of carboxylic acids is 1. The van der Waals surface area contributed by atoms with E-state index in [4.69, 9.17) is 4.98 Å². The molecule has 4 rings (SSSR count). The number of aliphatic carboxylic acids is 1. The Bertz CT molecular complexity index is 1060. The van der Waals surface area contributed by atoms with Gasteiger partial charge < -0.3 is 5.11 Å². The quantitative estimate of drug-likeness (QED) is 0.600. The number of nitriles is 1. The summed E-state index contributed by atoms with van der Waals surface area (Å²) in [6, 6.07) is 23.6. The van der Waals surface area contributed by atoms with Crippen LogP contribution in [0.5, 0.6) is 0 Å². The Labute approximate surface area is 174 Å². The van der Waals surface area contributed by atoms with Gasteiger partial charge in [0.2, 0.25) is 0 Å². The van der Waals surface area contributed by atoms with Crippen LogP contribution in [-0.2, 0) is 17.6 Å². The molecule has 2 unspecified atom stereocenters. The summed E-state index contributed by atoms with van der Waals surface area (Å²) in [4.78, 5) is 16.6. The average molecular weight is 401 g/mol. The van der Waals surface area contributed by atoms with Crippen LogP contribution in [0.25, 0.3) is 0 Å². The molecule has 1 N–H and O–H groups in total. The number of carbonyl (C=O) groups is 1. The molecule has 3 aromatic rings. The van der Waals surface area contributed by atoms with Crippen LogP contribution in [0, 0.1) is 11.3 Å². The van der Waals surface area contributed by atoms with Gasteiger partial charge in [-0.05, 0) is 47.9 Å². The summed E-state index contributed by atoms with van der Waals surface area (Å²) in [6.45, 7) is 0. The topological polar surface area (TPSA) is 74.0 Å². The van der Waals surface area contributed by atoms with Gasteiger partial charge in [0.15, 0.2) is 0 Å². The second-order valence-corrected chi connectivity index (χ2v) is 8.25. The molecule has 2 atom stereocenters. The number of nitrogens with zero attached hydrogens (tertiary/aromatic N) is 2. The second kappa shape index (κ2) is 8.50. The molecule has 4 nitrogen and oxygen atoms in total. The van der Waals surface area contributed by atoms with Crippen molar-refractivity contribution in [2.24, 2.45) is 0 Å². The molecular formula is C24H20N2O2S. The molecule has 0 bridgehead atoms. The maximum atomic E-state index is 11.9. The number of benzene rings is 2. The van der Waals surface area contributed by atoms with Crippen molar-refractivity contribution in [3.63, 3.8) is 0 Å². The number of aryl methyl sites for hydroxylation is 1. The summed E-state index contributed by atoms with van der Waals surface area (Å²) in [7, 11) is 0. The third kappa shape index (κ3) is 4.18. The minimum atomic E-state index is -0.936. The van der Waals surface area contributed by atoms with Crippen molar-refractivity contribution in [1.29, 1.82) is 5.26 Å². The maximum Gasteiger partial charge on any atom is 0.321 e. The zero-order chi connectivity index (χ0) is 20.2. The highest BCUT2D eigenvalue weighted by Crippen LogP contribution is 2.39. The Balaban J connectivity index is 1.63. The zero-order valence-corrected chi connectivity index (χ0v) is 16.6. The predicted octanol–water partition coefficient (Wildman–Crippen LogP) is 5.14. The first-order valence-corrected chi connectivity index (χ1v) is 10.5. The number of rotatable bonds is 5. The fourth-order valence-electron chi connectivity index (χ4n) is 3.83. The number of hydrogen-bond acceptors (Lipinski definition) is 4. The Morgan fingerprint density at radius 2 is 1.83 bits per heavy atom. The fraction of sp³-hybridized carbons (Fsp3) is 0.208. The van der Waals surface area contributed by atoms with Crippen LogP contribution in [0.1, 0.15) is 45.5 Å². The van der Waals surface area contributed by atoms with E-state index in [0.29, 0.717) is 22.1 Å². The van der Waals surface area contributed by atoms with E-state index in [2.05, 4.69) is 30.3 Å². The van der Waals surface area contributed by atoms with Crippen LogP contribution < -0.4 is 0 Å². The number of fused-ring (bicyclic) bond motifs is 1. The van der Waals surface area contributed by atoms with E-state index in [1.54, 1.807) is 12.1 Å². The molecule has 2 aromatic carbocycles. The van der Waals surface area contributed by atoms with Gasteiger partial charge in [0.1, 0.15) is 16.3 Å². The zero-order valence-electron chi connectivity index (χ0n) is 15.8.